The monoisotopic (exact) mass is 498 g/mol. The van der Waals surface area contributed by atoms with E-state index in [1.54, 1.807) is 12.5 Å². The normalized spacial score (nSPS) is 41.6. The fourth-order valence-electron chi connectivity index (χ4n) is 8.83. The van der Waals surface area contributed by atoms with Crippen molar-refractivity contribution in [1.29, 1.82) is 0 Å². The molecule has 0 unspecified atom stereocenters. The number of esters is 2. The first-order chi connectivity index (χ1) is 16.9. The van der Waals surface area contributed by atoms with Gasteiger partial charge in [-0.05, 0) is 91.3 Å². The molecule has 4 nitrogen and oxygen atoms in total. The van der Waals surface area contributed by atoms with Crippen molar-refractivity contribution in [1.82, 2.24) is 0 Å². The van der Waals surface area contributed by atoms with Crippen LogP contribution in [0.4, 0.5) is 0 Å². The molecule has 0 aromatic rings. The van der Waals surface area contributed by atoms with Gasteiger partial charge in [0.1, 0.15) is 12.2 Å². The molecule has 0 spiro atoms. The van der Waals surface area contributed by atoms with Gasteiger partial charge in [-0.3, -0.25) is 9.59 Å². The third kappa shape index (κ3) is 4.95. The van der Waals surface area contributed by atoms with Crippen molar-refractivity contribution < 1.29 is 19.1 Å². The molecule has 0 heterocycles. The first-order valence-electron chi connectivity index (χ1n) is 14.6. The van der Waals surface area contributed by atoms with Crippen molar-refractivity contribution in [3.63, 3.8) is 0 Å². The van der Waals surface area contributed by atoms with Crippen LogP contribution in [0.5, 0.6) is 0 Å². The van der Waals surface area contributed by atoms with Gasteiger partial charge < -0.3 is 9.47 Å². The minimum absolute atomic E-state index is 0.0216. The van der Waals surface area contributed by atoms with E-state index in [0.29, 0.717) is 35.5 Å². The number of carbonyl (C=O) groups is 2. The van der Waals surface area contributed by atoms with E-state index in [2.05, 4.69) is 59.8 Å². The van der Waals surface area contributed by atoms with Crippen LogP contribution < -0.4 is 0 Å². The van der Waals surface area contributed by atoms with Crippen molar-refractivity contribution in [3.05, 3.63) is 23.8 Å². The highest BCUT2D eigenvalue weighted by molar-refractivity contribution is 5.66. The topological polar surface area (TPSA) is 52.6 Å². The van der Waals surface area contributed by atoms with Gasteiger partial charge in [0.25, 0.3) is 0 Å². The zero-order valence-electron chi connectivity index (χ0n) is 24.0. The number of ether oxygens (including phenoxy) is 2. The van der Waals surface area contributed by atoms with E-state index >= 15 is 0 Å². The van der Waals surface area contributed by atoms with Crippen LogP contribution in [0.25, 0.3) is 0 Å². The number of carbonyl (C=O) groups excluding carboxylic acids is 2. The van der Waals surface area contributed by atoms with Gasteiger partial charge in [0.15, 0.2) is 0 Å². The van der Waals surface area contributed by atoms with Gasteiger partial charge in [0.2, 0.25) is 0 Å². The standard InChI is InChI=1S/C32H50O4/c1-19(2)20(3)9-10-21(4)27-13-14-28-26-12-11-24-17-25(35-22(5)33)15-16-31(24,7)30(26)29(36-23(6)34)18-32(27,28)8/h9-10,12,19-21,24-25,27-30H,11,13-18H2,1-8H3/b10-9+/t20-,21+,24-,25+,27+,28-,29+,30+,31-,32+/m0/s1. The molecule has 4 aliphatic rings. The summed E-state index contributed by atoms with van der Waals surface area (Å²) in [5.74, 6) is 3.33. The molecule has 0 aliphatic heterocycles. The molecular formula is C32H50O4. The van der Waals surface area contributed by atoms with Gasteiger partial charge >= 0.3 is 11.9 Å². The molecule has 3 fully saturated rings. The van der Waals surface area contributed by atoms with Crippen LogP contribution in [-0.2, 0) is 19.1 Å². The van der Waals surface area contributed by atoms with Crippen LogP contribution in [0, 0.1) is 52.3 Å². The van der Waals surface area contributed by atoms with E-state index in [9.17, 15) is 9.59 Å². The van der Waals surface area contributed by atoms with E-state index in [1.807, 2.05) is 0 Å². The van der Waals surface area contributed by atoms with Crippen molar-refractivity contribution >= 4 is 11.9 Å². The van der Waals surface area contributed by atoms with Gasteiger partial charge in [0, 0.05) is 19.8 Å². The quantitative estimate of drug-likeness (QED) is 0.281. The highest BCUT2D eigenvalue weighted by atomic mass is 16.5. The summed E-state index contributed by atoms with van der Waals surface area (Å²) in [6.45, 7) is 17.3. The summed E-state index contributed by atoms with van der Waals surface area (Å²) in [6, 6.07) is 0. The Hall–Kier alpha value is -1.58. The molecule has 4 heteroatoms. The maximum absolute atomic E-state index is 12.4. The third-order valence-electron chi connectivity index (χ3n) is 11.1. The van der Waals surface area contributed by atoms with Crippen LogP contribution >= 0.6 is 0 Å². The fourth-order valence-corrected chi connectivity index (χ4v) is 8.83. The second-order valence-electron chi connectivity index (χ2n) is 13.6. The Kier molecular flexibility index (Phi) is 7.85. The summed E-state index contributed by atoms with van der Waals surface area (Å²) < 4.78 is 11.9. The van der Waals surface area contributed by atoms with Gasteiger partial charge in [-0.2, -0.15) is 0 Å². The summed E-state index contributed by atoms with van der Waals surface area (Å²) in [5.41, 5.74) is 1.80. The first kappa shape index (κ1) is 27.5. The molecule has 4 aliphatic carbocycles. The lowest BCUT2D eigenvalue weighted by Crippen LogP contribution is -2.56. The Morgan fingerprint density at radius 3 is 2.31 bits per heavy atom. The summed E-state index contributed by atoms with van der Waals surface area (Å²) in [6.07, 6.45) is 14.7. The fraction of sp³-hybridized carbons (Fsp3) is 0.812. The Morgan fingerprint density at radius 2 is 1.67 bits per heavy atom. The Morgan fingerprint density at radius 1 is 0.972 bits per heavy atom. The smallest absolute Gasteiger partial charge is 0.302 e. The van der Waals surface area contributed by atoms with E-state index in [0.717, 1.165) is 32.1 Å². The second-order valence-corrected chi connectivity index (χ2v) is 13.6. The summed E-state index contributed by atoms with van der Waals surface area (Å²) in [4.78, 5) is 24.0. The lowest BCUT2D eigenvalue weighted by molar-refractivity contribution is -0.168. The second kappa shape index (κ2) is 10.3. The van der Waals surface area contributed by atoms with E-state index in [4.69, 9.17) is 9.47 Å². The van der Waals surface area contributed by atoms with Crippen LogP contribution in [0.15, 0.2) is 23.8 Å². The van der Waals surface area contributed by atoms with Gasteiger partial charge in [0.05, 0.1) is 0 Å². The molecule has 3 saturated carbocycles. The minimum Gasteiger partial charge on any atom is -0.463 e. The number of fused-ring (bicyclic) bond motifs is 5. The zero-order valence-corrected chi connectivity index (χ0v) is 24.0. The molecule has 4 rings (SSSR count). The highest BCUT2D eigenvalue weighted by Crippen LogP contribution is 2.67. The van der Waals surface area contributed by atoms with Crippen molar-refractivity contribution in [2.45, 2.75) is 113 Å². The van der Waals surface area contributed by atoms with E-state index < -0.39 is 0 Å². The van der Waals surface area contributed by atoms with Gasteiger partial charge in [-0.1, -0.05) is 65.3 Å². The number of hydrogen-bond acceptors (Lipinski definition) is 4. The molecule has 0 aromatic carbocycles. The van der Waals surface area contributed by atoms with Crippen LogP contribution in [0.3, 0.4) is 0 Å². The van der Waals surface area contributed by atoms with Crippen LogP contribution in [-0.4, -0.2) is 24.1 Å². The number of rotatable bonds is 6. The molecule has 0 amide bonds. The van der Waals surface area contributed by atoms with Gasteiger partial charge in [-0.15, -0.1) is 0 Å². The maximum Gasteiger partial charge on any atom is 0.302 e. The Balaban J connectivity index is 1.64. The van der Waals surface area contributed by atoms with Crippen LogP contribution in [0.2, 0.25) is 0 Å². The highest BCUT2D eigenvalue weighted by Gasteiger charge is 2.62. The molecule has 0 radical (unpaired) electrons. The van der Waals surface area contributed by atoms with E-state index in [-0.39, 0.29) is 40.9 Å². The van der Waals surface area contributed by atoms with Crippen LogP contribution in [0.1, 0.15) is 100 Å². The van der Waals surface area contributed by atoms with Crippen molar-refractivity contribution in [3.8, 4) is 0 Å². The summed E-state index contributed by atoms with van der Waals surface area (Å²) >= 11 is 0. The number of hydrogen-bond donors (Lipinski definition) is 0. The van der Waals surface area contributed by atoms with Gasteiger partial charge in [-0.25, -0.2) is 0 Å². The van der Waals surface area contributed by atoms with Crippen molar-refractivity contribution in [2.75, 3.05) is 0 Å². The molecule has 0 aromatic heterocycles. The maximum atomic E-state index is 12.4. The molecule has 0 bridgehead atoms. The molecule has 202 valence electrons. The first-order valence-corrected chi connectivity index (χ1v) is 14.6. The average Bonchev–Trinajstić information content (AvgIpc) is 3.13. The molecular weight excluding hydrogens is 448 g/mol. The lowest BCUT2D eigenvalue weighted by atomic mass is 9.46. The molecule has 10 atom stereocenters. The molecule has 36 heavy (non-hydrogen) atoms. The number of allylic oxidation sites excluding steroid dienone is 3. The van der Waals surface area contributed by atoms with Crippen molar-refractivity contribution in [2.24, 2.45) is 52.3 Å². The predicted molar refractivity (Wildman–Crippen MR) is 144 cm³/mol. The predicted octanol–water partition coefficient (Wildman–Crippen LogP) is 7.52. The summed E-state index contributed by atoms with van der Waals surface area (Å²) in [7, 11) is 0. The molecule has 0 saturated heterocycles. The Labute approximate surface area is 219 Å². The average molecular weight is 499 g/mol. The minimum atomic E-state index is -0.176. The molecule has 0 N–H and O–H groups in total. The van der Waals surface area contributed by atoms with E-state index in [1.165, 1.54) is 19.8 Å². The zero-order chi connectivity index (χ0) is 26.4. The Bertz CT molecular complexity index is 902. The SMILES string of the molecule is CC(=O)O[C@@H]1CC[C@@]2(C)[C@@H](CC=C3[C@@H]2[C@H](OC(C)=O)C[C@]2(C)[C@@H]([C@H](C)/C=C/[C@H](C)C(C)C)CC[C@@H]32)C1. The summed E-state index contributed by atoms with van der Waals surface area (Å²) in [5, 5.41) is 0. The lowest BCUT2D eigenvalue weighted by Gasteiger charge is -2.59. The largest absolute Gasteiger partial charge is 0.463 e. The third-order valence-corrected chi connectivity index (χ3v) is 11.1.